The fourth-order valence-corrected chi connectivity index (χ4v) is 1.08. The Kier molecular flexibility index (Phi) is 4.39. The van der Waals surface area contributed by atoms with E-state index >= 15 is 0 Å². The molecular formula is C12H16N2O2. The number of hydrogen-bond donors (Lipinski definition) is 2. The Hall–Kier alpha value is -1.97. The molecule has 1 aromatic carbocycles. The van der Waals surface area contributed by atoms with Crippen LogP contribution in [0.1, 0.15) is 6.92 Å². The highest BCUT2D eigenvalue weighted by molar-refractivity contribution is 5.89. The van der Waals surface area contributed by atoms with E-state index in [1.54, 1.807) is 31.4 Å². The molecule has 0 aromatic heterocycles. The average molecular weight is 220 g/mol. The standard InChI is InChI=1S/C12H16N2O2/c1-9(2)8-13-12(15)14-10-4-6-11(16-3)7-5-10/h4-7H,1,8H2,2-3H3,(H2,13,14,15). The molecule has 0 aliphatic heterocycles. The third kappa shape index (κ3) is 4.04. The van der Waals surface area contributed by atoms with Crippen LogP contribution in [-0.2, 0) is 0 Å². The van der Waals surface area contributed by atoms with Crippen LogP contribution in [0.2, 0.25) is 0 Å². The molecule has 0 spiro atoms. The Bertz CT molecular complexity index is 371. The van der Waals surface area contributed by atoms with Crippen molar-refractivity contribution in [2.45, 2.75) is 6.92 Å². The first-order chi connectivity index (χ1) is 7.61. The van der Waals surface area contributed by atoms with Crippen LogP contribution in [0.25, 0.3) is 0 Å². The van der Waals surface area contributed by atoms with Crippen molar-refractivity contribution in [1.29, 1.82) is 0 Å². The second-order valence-electron chi connectivity index (χ2n) is 3.49. The number of anilines is 1. The molecule has 0 fully saturated rings. The van der Waals surface area contributed by atoms with Crippen LogP contribution in [0, 0.1) is 0 Å². The number of carbonyl (C=O) groups excluding carboxylic acids is 1. The number of hydrogen-bond acceptors (Lipinski definition) is 2. The summed E-state index contributed by atoms with van der Waals surface area (Å²) >= 11 is 0. The zero-order chi connectivity index (χ0) is 12.0. The average Bonchev–Trinajstić information content (AvgIpc) is 2.27. The van der Waals surface area contributed by atoms with Gasteiger partial charge in [-0.3, -0.25) is 0 Å². The third-order valence-electron chi connectivity index (χ3n) is 1.90. The van der Waals surface area contributed by atoms with Gasteiger partial charge in [0.2, 0.25) is 0 Å². The highest BCUT2D eigenvalue weighted by Crippen LogP contribution is 2.14. The second kappa shape index (κ2) is 5.80. The number of nitrogens with one attached hydrogen (secondary N) is 2. The van der Waals surface area contributed by atoms with Crippen LogP contribution in [0.4, 0.5) is 10.5 Å². The first-order valence-corrected chi connectivity index (χ1v) is 4.95. The molecule has 4 heteroatoms. The van der Waals surface area contributed by atoms with E-state index in [-0.39, 0.29) is 6.03 Å². The maximum atomic E-state index is 11.4. The summed E-state index contributed by atoms with van der Waals surface area (Å²) in [7, 11) is 1.60. The molecule has 0 saturated heterocycles. The lowest BCUT2D eigenvalue weighted by Gasteiger charge is -2.07. The van der Waals surface area contributed by atoms with Crippen LogP contribution in [0.15, 0.2) is 36.4 Å². The van der Waals surface area contributed by atoms with Gasteiger partial charge in [0.25, 0.3) is 0 Å². The van der Waals surface area contributed by atoms with E-state index < -0.39 is 0 Å². The fraction of sp³-hybridized carbons (Fsp3) is 0.250. The monoisotopic (exact) mass is 220 g/mol. The Balaban J connectivity index is 2.46. The normalized spacial score (nSPS) is 9.38. The molecule has 0 radical (unpaired) electrons. The van der Waals surface area contributed by atoms with E-state index in [1.807, 2.05) is 6.92 Å². The van der Waals surface area contributed by atoms with Gasteiger partial charge in [-0.2, -0.15) is 0 Å². The van der Waals surface area contributed by atoms with Crippen LogP contribution in [0.3, 0.4) is 0 Å². The van der Waals surface area contributed by atoms with E-state index in [0.717, 1.165) is 17.0 Å². The van der Waals surface area contributed by atoms with Gasteiger partial charge in [0.15, 0.2) is 0 Å². The van der Waals surface area contributed by atoms with Gasteiger partial charge in [-0.1, -0.05) is 12.2 Å². The second-order valence-corrected chi connectivity index (χ2v) is 3.49. The molecule has 1 rings (SSSR count). The Morgan fingerprint density at radius 2 is 2.00 bits per heavy atom. The lowest BCUT2D eigenvalue weighted by atomic mass is 10.3. The number of carbonyl (C=O) groups is 1. The summed E-state index contributed by atoms with van der Waals surface area (Å²) in [5, 5.41) is 5.38. The molecule has 16 heavy (non-hydrogen) atoms. The number of benzene rings is 1. The topological polar surface area (TPSA) is 50.4 Å². The van der Waals surface area contributed by atoms with E-state index in [1.165, 1.54) is 0 Å². The van der Waals surface area contributed by atoms with Crippen molar-refractivity contribution in [2.75, 3.05) is 19.0 Å². The predicted octanol–water partition coefficient (Wildman–Crippen LogP) is 2.39. The largest absolute Gasteiger partial charge is 0.497 e. The first kappa shape index (κ1) is 12.1. The van der Waals surface area contributed by atoms with Crippen LogP contribution < -0.4 is 15.4 Å². The minimum absolute atomic E-state index is 0.242. The molecule has 2 N–H and O–H groups in total. The summed E-state index contributed by atoms with van der Waals surface area (Å²) < 4.78 is 5.01. The molecule has 86 valence electrons. The SMILES string of the molecule is C=C(C)CNC(=O)Nc1ccc(OC)cc1. The lowest BCUT2D eigenvalue weighted by molar-refractivity contribution is 0.253. The summed E-state index contributed by atoms with van der Waals surface area (Å²) in [4.78, 5) is 11.4. The maximum Gasteiger partial charge on any atom is 0.319 e. The quantitative estimate of drug-likeness (QED) is 0.765. The van der Waals surface area contributed by atoms with Crippen molar-refractivity contribution in [3.63, 3.8) is 0 Å². The van der Waals surface area contributed by atoms with Crippen molar-refractivity contribution in [3.8, 4) is 5.75 Å². The van der Waals surface area contributed by atoms with E-state index in [4.69, 9.17) is 4.74 Å². The predicted molar refractivity (Wildman–Crippen MR) is 64.8 cm³/mol. The van der Waals surface area contributed by atoms with Gasteiger partial charge in [0.1, 0.15) is 5.75 Å². The van der Waals surface area contributed by atoms with E-state index in [0.29, 0.717) is 6.54 Å². The van der Waals surface area contributed by atoms with Gasteiger partial charge in [0.05, 0.1) is 7.11 Å². The lowest BCUT2D eigenvalue weighted by Crippen LogP contribution is -2.29. The van der Waals surface area contributed by atoms with Crippen LogP contribution in [-0.4, -0.2) is 19.7 Å². The zero-order valence-electron chi connectivity index (χ0n) is 9.54. The van der Waals surface area contributed by atoms with Crippen molar-refractivity contribution in [3.05, 3.63) is 36.4 Å². The molecule has 2 amide bonds. The molecule has 0 aliphatic rings. The Labute approximate surface area is 95.3 Å². The number of amides is 2. The zero-order valence-corrected chi connectivity index (χ0v) is 9.54. The van der Waals surface area contributed by atoms with Gasteiger partial charge < -0.3 is 15.4 Å². The molecule has 0 saturated carbocycles. The Morgan fingerprint density at radius 3 is 2.50 bits per heavy atom. The van der Waals surface area contributed by atoms with Crippen LogP contribution in [0.5, 0.6) is 5.75 Å². The van der Waals surface area contributed by atoms with Crippen molar-refractivity contribution >= 4 is 11.7 Å². The molecule has 0 aliphatic carbocycles. The summed E-state index contributed by atoms with van der Waals surface area (Å²) in [6.07, 6.45) is 0. The number of methoxy groups -OCH3 is 1. The summed E-state index contributed by atoms with van der Waals surface area (Å²) in [5.74, 6) is 0.757. The number of rotatable bonds is 4. The maximum absolute atomic E-state index is 11.4. The van der Waals surface area contributed by atoms with Crippen LogP contribution >= 0.6 is 0 Å². The van der Waals surface area contributed by atoms with Gasteiger partial charge >= 0.3 is 6.03 Å². The molecule has 1 aromatic rings. The van der Waals surface area contributed by atoms with Crippen molar-refractivity contribution in [2.24, 2.45) is 0 Å². The highest BCUT2D eigenvalue weighted by Gasteiger charge is 2.00. The molecule has 0 unspecified atom stereocenters. The van der Waals surface area contributed by atoms with Crippen molar-refractivity contribution < 1.29 is 9.53 Å². The summed E-state index contributed by atoms with van der Waals surface area (Å²) in [6, 6.07) is 6.88. The molecule has 0 bridgehead atoms. The van der Waals surface area contributed by atoms with E-state index in [9.17, 15) is 4.79 Å². The highest BCUT2D eigenvalue weighted by atomic mass is 16.5. The minimum atomic E-state index is -0.242. The van der Waals surface area contributed by atoms with Gasteiger partial charge in [-0.25, -0.2) is 4.79 Å². The number of ether oxygens (including phenoxy) is 1. The molecule has 4 nitrogen and oxygen atoms in total. The van der Waals surface area contributed by atoms with Gasteiger partial charge in [-0.05, 0) is 31.2 Å². The smallest absolute Gasteiger partial charge is 0.319 e. The summed E-state index contributed by atoms with van der Waals surface area (Å²) in [5.41, 5.74) is 1.63. The van der Waals surface area contributed by atoms with E-state index in [2.05, 4.69) is 17.2 Å². The Morgan fingerprint density at radius 1 is 1.38 bits per heavy atom. The molecule has 0 atom stereocenters. The molecular weight excluding hydrogens is 204 g/mol. The molecule has 0 heterocycles. The first-order valence-electron chi connectivity index (χ1n) is 4.95. The number of urea groups is 1. The fourth-order valence-electron chi connectivity index (χ4n) is 1.08. The van der Waals surface area contributed by atoms with Crippen molar-refractivity contribution in [1.82, 2.24) is 5.32 Å². The van der Waals surface area contributed by atoms with Gasteiger partial charge in [-0.15, -0.1) is 0 Å². The minimum Gasteiger partial charge on any atom is -0.497 e. The third-order valence-corrected chi connectivity index (χ3v) is 1.90. The van der Waals surface area contributed by atoms with Gasteiger partial charge in [0, 0.05) is 12.2 Å². The summed E-state index contributed by atoms with van der Waals surface area (Å²) in [6.45, 7) is 6.03.